The number of carboxylic acid groups (broad SMARTS) is 1. The molecular weight excluding hydrogens is 389 g/mol. The van der Waals surface area contributed by atoms with Crippen molar-refractivity contribution in [3.63, 3.8) is 0 Å². The Morgan fingerprint density at radius 2 is 2.29 bits per heavy atom. The number of rotatable bonds is 6. The highest BCUT2D eigenvalue weighted by Gasteiger charge is 2.31. The maximum Gasteiger partial charge on any atom is 0.341 e. The molecule has 0 bridgehead atoms. The van der Waals surface area contributed by atoms with Gasteiger partial charge in [-0.1, -0.05) is 0 Å². The first-order valence-corrected chi connectivity index (χ1v) is 9.39. The Morgan fingerprint density at radius 3 is 2.93 bits per heavy atom. The fraction of sp³-hybridized carbons (Fsp3) is 0.294. The highest BCUT2D eigenvalue weighted by atomic mass is 32.1. The third-order valence-corrected chi connectivity index (χ3v) is 5.11. The normalized spacial score (nSPS) is 14.4. The Balaban J connectivity index is 1.82. The van der Waals surface area contributed by atoms with Gasteiger partial charge in [0.05, 0.1) is 18.0 Å². The lowest BCUT2D eigenvalue weighted by atomic mass is 10.1. The van der Waals surface area contributed by atoms with E-state index in [0.717, 1.165) is 6.07 Å². The predicted molar refractivity (Wildman–Crippen MR) is 101 cm³/mol. The van der Waals surface area contributed by atoms with E-state index in [2.05, 4.69) is 15.4 Å². The number of nitrogens with one attached hydrogen (secondary N) is 1. The summed E-state index contributed by atoms with van der Waals surface area (Å²) in [5, 5.41) is 11.4. The van der Waals surface area contributed by atoms with Crippen molar-refractivity contribution in [1.29, 1.82) is 0 Å². The molecule has 0 aliphatic carbocycles. The van der Waals surface area contributed by atoms with Crippen LogP contribution >= 0.6 is 11.3 Å². The van der Waals surface area contributed by atoms with Crippen molar-refractivity contribution in [1.82, 2.24) is 20.0 Å². The molecular formula is C17H16FN5O4S. The Labute approximate surface area is 162 Å². The molecule has 4 heterocycles. The fourth-order valence-electron chi connectivity index (χ4n) is 3.00. The molecule has 1 aliphatic rings. The standard InChI is InChI=1S/C17H16FN5O4S/c1-2-27-21-9-6-22(7-9)15-12(18)5-10-13(24)11(16(25)26)8-23(14(10)20-15)17-19-3-4-28-17/h3-5,8-9,21H,2,6-7H2,1H3,(H,25,26). The summed E-state index contributed by atoms with van der Waals surface area (Å²) in [6.07, 6.45) is 2.73. The first-order valence-electron chi connectivity index (χ1n) is 8.51. The molecule has 0 amide bonds. The van der Waals surface area contributed by atoms with Gasteiger partial charge in [0.1, 0.15) is 5.56 Å². The maximum absolute atomic E-state index is 14.7. The largest absolute Gasteiger partial charge is 0.477 e. The monoisotopic (exact) mass is 405 g/mol. The average molecular weight is 405 g/mol. The lowest BCUT2D eigenvalue weighted by molar-refractivity contribution is 0.0173. The highest BCUT2D eigenvalue weighted by molar-refractivity contribution is 7.12. The van der Waals surface area contributed by atoms with E-state index in [4.69, 9.17) is 4.84 Å². The summed E-state index contributed by atoms with van der Waals surface area (Å²) in [4.78, 5) is 39.3. The molecule has 9 nitrogen and oxygen atoms in total. The van der Waals surface area contributed by atoms with Gasteiger partial charge in [-0.3, -0.25) is 9.36 Å². The molecule has 1 aliphatic heterocycles. The summed E-state index contributed by atoms with van der Waals surface area (Å²) in [6.45, 7) is 3.36. The van der Waals surface area contributed by atoms with E-state index >= 15 is 0 Å². The van der Waals surface area contributed by atoms with Crippen molar-refractivity contribution in [2.24, 2.45) is 0 Å². The molecule has 2 N–H and O–H groups in total. The molecule has 0 unspecified atom stereocenters. The lowest BCUT2D eigenvalue weighted by Gasteiger charge is -2.40. The van der Waals surface area contributed by atoms with Gasteiger partial charge < -0.3 is 14.8 Å². The van der Waals surface area contributed by atoms with E-state index in [1.54, 1.807) is 16.5 Å². The van der Waals surface area contributed by atoms with Crippen molar-refractivity contribution in [2.75, 3.05) is 24.6 Å². The smallest absolute Gasteiger partial charge is 0.341 e. The van der Waals surface area contributed by atoms with Gasteiger partial charge in [-0.25, -0.2) is 19.2 Å². The summed E-state index contributed by atoms with van der Waals surface area (Å²) in [5.41, 5.74) is 1.77. The van der Waals surface area contributed by atoms with Crippen LogP contribution < -0.4 is 15.8 Å². The van der Waals surface area contributed by atoms with Crippen molar-refractivity contribution in [2.45, 2.75) is 13.0 Å². The van der Waals surface area contributed by atoms with E-state index in [0.29, 0.717) is 24.8 Å². The molecule has 146 valence electrons. The molecule has 11 heteroatoms. The van der Waals surface area contributed by atoms with Crippen molar-refractivity contribution in [3.8, 4) is 5.13 Å². The van der Waals surface area contributed by atoms with Gasteiger partial charge in [0.25, 0.3) is 0 Å². The Morgan fingerprint density at radius 1 is 1.50 bits per heavy atom. The SMILES string of the molecule is CCONC1CN(c2nc3c(cc2F)c(=O)c(C(=O)O)cn3-c2nccs2)C1. The number of nitrogens with zero attached hydrogens (tertiary/aromatic N) is 4. The van der Waals surface area contributed by atoms with Gasteiger partial charge in [-0.2, -0.15) is 5.48 Å². The number of aromatic nitrogens is 3. The summed E-state index contributed by atoms with van der Waals surface area (Å²) in [7, 11) is 0. The summed E-state index contributed by atoms with van der Waals surface area (Å²) >= 11 is 1.25. The zero-order chi connectivity index (χ0) is 19.8. The zero-order valence-corrected chi connectivity index (χ0v) is 15.6. The molecule has 0 aromatic carbocycles. The predicted octanol–water partition coefficient (Wildman–Crippen LogP) is 1.41. The van der Waals surface area contributed by atoms with Crippen molar-refractivity contribution in [3.05, 3.63) is 45.4 Å². The van der Waals surface area contributed by atoms with E-state index < -0.39 is 22.8 Å². The number of anilines is 1. The molecule has 0 atom stereocenters. The second-order valence-electron chi connectivity index (χ2n) is 6.18. The maximum atomic E-state index is 14.7. The molecule has 0 spiro atoms. The van der Waals surface area contributed by atoms with Crippen LogP contribution in [0, 0.1) is 5.82 Å². The van der Waals surface area contributed by atoms with Crippen LogP contribution in [-0.4, -0.2) is 51.3 Å². The zero-order valence-electron chi connectivity index (χ0n) is 14.8. The number of hydroxylamine groups is 1. The number of hydrogen-bond donors (Lipinski definition) is 2. The van der Waals surface area contributed by atoms with Gasteiger partial charge in [0.15, 0.2) is 22.4 Å². The van der Waals surface area contributed by atoms with Gasteiger partial charge >= 0.3 is 5.97 Å². The van der Waals surface area contributed by atoms with Crippen LogP contribution in [0.1, 0.15) is 17.3 Å². The highest BCUT2D eigenvalue weighted by Crippen LogP contribution is 2.27. The van der Waals surface area contributed by atoms with Crippen LogP contribution in [0.3, 0.4) is 0 Å². The Kier molecular flexibility index (Phi) is 4.79. The molecule has 3 aromatic heterocycles. The lowest BCUT2D eigenvalue weighted by Crippen LogP contribution is -2.58. The second-order valence-corrected chi connectivity index (χ2v) is 7.05. The van der Waals surface area contributed by atoms with Crippen LogP contribution in [0.25, 0.3) is 16.2 Å². The van der Waals surface area contributed by atoms with E-state index in [1.807, 2.05) is 6.92 Å². The number of thiazole rings is 1. The summed E-state index contributed by atoms with van der Waals surface area (Å²) < 4.78 is 16.1. The average Bonchev–Trinajstić information content (AvgIpc) is 3.16. The number of carbonyl (C=O) groups is 1. The number of pyridine rings is 2. The quantitative estimate of drug-likeness (QED) is 0.593. The molecule has 3 aromatic rings. The second kappa shape index (κ2) is 7.26. The van der Waals surface area contributed by atoms with E-state index in [-0.39, 0.29) is 22.9 Å². The minimum Gasteiger partial charge on any atom is -0.477 e. The first kappa shape index (κ1) is 18.5. The van der Waals surface area contributed by atoms with Crippen molar-refractivity contribution < 1.29 is 19.1 Å². The minimum absolute atomic E-state index is 0.0485. The van der Waals surface area contributed by atoms with Gasteiger partial charge in [0.2, 0.25) is 5.43 Å². The Hall–Kier alpha value is -2.89. The third kappa shape index (κ3) is 3.13. The van der Waals surface area contributed by atoms with Crippen LogP contribution in [0.2, 0.25) is 0 Å². The van der Waals surface area contributed by atoms with Crippen LogP contribution in [-0.2, 0) is 4.84 Å². The molecule has 0 saturated carbocycles. The van der Waals surface area contributed by atoms with Crippen molar-refractivity contribution >= 4 is 34.2 Å². The number of hydrogen-bond acceptors (Lipinski definition) is 8. The molecule has 1 fully saturated rings. The fourth-order valence-corrected chi connectivity index (χ4v) is 3.61. The van der Waals surface area contributed by atoms with E-state index in [1.165, 1.54) is 22.1 Å². The van der Waals surface area contributed by atoms with E-state index in [9.17, 15) is 19.1 Å². The number of carboxylic acids is 1. The van der Waals surface area contributed by atoms with Gasteiger partial charge in [-0.15, -0.1) is 11.3 Å². The number of fused-ring (bicyclic) bond motifs is 1. The van der Waals surface area contributed by atoms with Gasteiger partial charge in [0, 0.05) is 30.9 Å². The minimum atomic E-state index is -1.39. The number of halogens is 1. The summed E-state index contributed by atoms with van der Waals surface area (Å²) in [5.74, 6) is -1.99. The summed E-state index contributed by atoms with van der Waals surface area (Å²) in [6, 6.07) is 1.09. The topological polar surface area (TPSA) is 110 Å². The first-order chi connectivity index (χ1) is 13.5. The molecule has 0 radical (unpaired) electrons. The molecule has 28 heavy (non-hydrogen) atoms. The number of aromatic carboxylic acids is 1. The third-order valence-electron chi connectivity index (χ3n) is 4.34. The van der Waals surface area contributed by atoms with Gasteiger partial charge in [-0.05, 0) is 13.0 Å². The van der Waals surface area contributed by atoms with Crippen LogP contribution in [0.4, 0.5) is 10.2 Å². The van der Waals surface area contributed by atoms with Crippen LogP contribution in [0.5, 0.6) is 0 Å². The molecule has 1 saturated heterocycles. The molecule has 4 rings (SSSR count). The van der Waals surface area contributed by atoms with Crippen LogP contribution in [0.15, 0.2) is 28.6 Å². The Bertz CT molecular complexity index is 1100.